The summed E-state index contributed by atoms with van der Waals surface area (Å²) >= 11 is 3.32. The number of hydrogen-bond acceptors (Lipinski definition) is 3. The molecular weight excluding hydrogens is 244 g/mol. The van der Waals surface area contributed by atoms with Gasteiger partial charge in [0.1, 0.15) is 6.61 Å². The molecule has 0 saturated carbocycles. The van der Waals surface area contributed by atoms with Crippen molar-refractivity contribution in [3.05, 3.63) is 22.8 Å². The summed E-state index contributed by atoms with van der Waals surface area (Å²) in [7, 11) is 0. The molecule has 0 amide bonds. The summed E-state index contributed by atoms with van der Waals surface area (Å²) < 4.78 is 6.38. The van der Waals surface area contributed by atoms with E-state index in [4.69, 9.17) is 4.74 Å². The van der Waals surface area contributed by atoms with Gasteiger partial charge in [-0.25, -0.2) is 4.98 Å². The molecule has 4 heteroatoms. The van der Waals surface area contributed by atoms with Gasteiger partial charge in [-0.1, -0.05) is 6.92 Å². The minimum Gasteiger partial charge on any atom is -0.476 e. The molecule has 0 aliphatic carbocycles. The Bertz CT molecular complexity index is 251. The van der Waals surface area contributed by atoms with E-state index in [-0.39, 0.29) is 0 Å². The molecule has 1 aromatic rings. The number of hydrogen-bond donors (Lipinski definition) is 1. The summed E-state index contributed by atoms with van der Waals surface area (Å²) in [6.45, 7) is 4.71. The molecule has 1 N–H and O–H groups in total. The van der Waals surface area contributed by atoms with Crippen molar-refractivity contribution >= 4 is 15.9 Å². The first-order valence-electron chi connectivity index (χ1n) is 4.78. The van der Waals surface area contributed by atoms with Gasteiger partial charge in [-0.15, -0.1) is 0 Å². The fourth-order valence-electron chi connectivity index (χ4n) is 0.977. The average Bonchev–Trinajstić information content (AvgIpc) is 2.21. The van der Waals surface area contributed by atoms with Gasteiger partial charge in [-0.05, 0) is 35.0 Å². The van der Waals surface area contributed by atoms with E-state index in [9.17, 15) is 0 Å². The second-order valence-electron chi connectivity index (χ2n) is 2.91. The second kappa shape index (κ2) is 6.79. The van der Waals surface area contributed by atoms with Gasteiger partial charge >= 0.3 is 0 Å². The van der Waals surface area contributed by atoms with E-state index < -0.39 is 0 Å². The standard InChI is InChI=1S/C10H15BrN2O/c1-2-5-12-6-7-14-10-4-3-9(11)8-13-10/h3-4,8,12H,2,5-7H2,1H3. The van der Waals surface area contributed by atoms with Crippen molar-refractivity contribution < 1.29 is 4.74 Å². The number of nitrogens with zero attached hydrogens (tertiary/aromatic N) is 1. The molecule has 1 aromatic heterocycles. The Labute approximate surface area is 93.0 Å². The van der Waals surface area contributed by atoms with Crippen LogP contribution in [-0.4, -0.2) is 24.7 Å². The van der Waals surface area contributed by atoms with Gasteiger partial charge in [0.15, 0.2) is 0 Å². The number of rotatable bonds is 6. The van der Waals surface area contributed by atoms with Crippen LogP contribution < -0.4 is 10.1 Å². The summed E-state index contributed by atoms with van der Waals surface area (Å²) in [5.74, 6) is 0.673. The molecule has 1 heterocycles. The number of aromatic nitrogens is 1. The van der Waals surface area contributed by atoms with Crippen LogP contribution in [-0.2, 0) is 0 Å². The topological polar surface area (TPSA) is 34.1 Å². The number of halogens is 1. The van der Waals surface area contributed by atoms with Crippen molar-refractivity contribution in [1.82, 2.24) is 10.3 Å². The van der Waals surface area contributed by atoms with E-state index >= 15 is 0 Å². The van der Waals surface area contributed by atoms with Crippen LogP contribution in [0.15, 0.2) is 22.8 Å². The SMILES string of the molecule is CCCNCCOc1ccc(Br)cn1. The van der Waals surface area contributed by atoms with Crippen LogP contribution in [0.4, 0.5) is 0 Å². The fraction of sp³-hybridized carbons (Fsp3) is 0.500. The van der Waals surface area contributed by atoms with Gasteiger partial charge in [-0.2, -0.15) is 0 Å². The van der Waals surface area contributed by atoms with Crippen LogP contribution in [0.2, 0.25) is 0 Å². The molecule has 0 spiro atoms. The van der Waals surface area contributed by atoms with Crippen molar-refractivity contribution in [1.29, 1.82) is 0 Å². The van der Waals surface area contributed by atoms with Crippen LogP contribution >= 0.6 is 15.9 Å². The Kier molecular flexibility index (Phi) is 5.56. The highest BCUT2D eigenvalue weighted by atomic mass is 79.9. The molecule has 0 bridgehead atoms. The number of ether oxygens (including phenoxy) is 1. The molecule has 0 atom stereocenters. The predicted octanol–water partition coefficient (Wildman–Crippen LogP) is 2.22. The first-order chi connectivity index (χ1) is 6.83. The highest BCUT2D eigenvalue weighted by molar-refractivity contribution is 9.10. The van der Waals surface area contributed by atoms with Gasteiger partial charge in [0, 0.05) is 23.3 Å². The highest BCUT2D eigenvalue weighted by Gasteiger charge is 1.94. The quantitative estimate of drug-likeness (QED) is 0.795. The molecule has 0 unspecified atom stereocenters. The third kappa shape index (κ3) is 4.58. The molecule has 0 aliphatic heterocycles. The highest BCUT2D eigenvalue weighted by Crippen LogP contribution is 2.11. The largest absolute Gasteiger partial charge is 0.476 e. The summed E-state index contributed by atoms with van der Waals surface area (Å²) in [5, 5.41) is 3.25. The number of nitrogens with one attached hydrogen (secondary N) is 1. The van der Waals surface area contributed by atoms with Crippen molar-refractivity contribution in [3.8, 4) is 5.88 Å². The van der Waals surface area contributed by atoms with Gasteiger partial charge in [0.2, 0.25) is 5.88 Å². The summed E-state index contributed by atoms with van der Waals surface area (Å²) in [6, 6.07) is 3.77. The molecular formula is C10H15BrN2O. The normalized spacial score (nSPS) is 10.1. The smallest absolute Gasteiger partial charge is 0.213 e. The number of pyridine rings is 1. The first kappa shape index (κ1) is 11.5. The van der Waals surface area contributed by atoms with E-state index in [1.807, 2.05) is 12.1 Å². The average molecular weight is 259 g/mol. The van der Waals surface area contributed by atoms with Crippen LogP contribution in [0.5, 0.6) is 5.88 Å². The van der Waals surface area contributed by atoms with E-state index in [1.165, 1.54) is 0 Å². The monoisotopic (exact) mass is 258 g/mol. The summed E-state index contributed by atoms with van der Waals surface area (Å²) in [6.07, 6.45) is 2.88. The van der Waals surface area contributed by atoms with Crippen LogP contribution in [0.1, 0.15) is 13.3 Å². The van der Waals surface area contributed by atoms with Crippen LogP contribution in [0.3, 0.4) is 0 Å². The summed E-state index contributed by atoms with van der Waals surface area (Å²) in [4.78, 5) is 4.10. The molecule has 78 valence electrons. The Hall–Kier alpha value is -0.610. The van der Waals surface area contributed by atoms with Crippen molar-refractivity contribution in [2.24, 2.45) is 0 Å². The van der Waals surface area contributed by atoms with E-state index in [2.05, 4.69) is 33.2 Å². The first-order valence-corrected chi connectivity index (χ1v) is 5.57. The lowest BCUT2D eigenvalue weighted by atomic mass is 10.5. The molecule has 3 nitrogen and oxygen atoms in total. The molecule has 0 fully saturated rings. The second-order valence-corrected chi connectivity index (χ2v) is 3.83. The van der Waals surface area contributed by atoms with Gasteiger partial charge in [0.05, 0.1) is 0 Å². The lowest BCUT2D eigenvalue weighted by Crippen LogP contribution is -2.21. The van der Waals surface area contributed by atoms with Crippen LogP contribution in [0.25, 0.3) is 0 Å². The summed E-state index contributed by atoms with van der Waals surface area (Å²) in [5.41, 5.74) is 0. The maximum absolute atomic E-state index is 5.41. The van der Waals surface area contributed by atoms with Gasteiger partial charge in [0.25, 0.3) is 0 Å². The van der Waals surface area contributed by atoms with Crippen molar-refractivity contribution in [2.45, 2.75) is 13.3 Å². The Morgan fingerprint density at radius 3 is 2.93 bits per heavy atom. The molecule has 0 saturated heterocycles. The Morgan fingerprint density at radius 1 is 1.43 bits per heavy atom. The van der Waals surface area contributed by atoms with Crippen molar-refractivity contribution in [2.75, 3.05) is 19.7 Å². The lowest BCUT2D eigenvalue weighted by molar-refractivity contribution is 0.302. The molecule has 0 aliphatic rings. The van der Waals surface area contributed by atoms with E-state index in [0.29, 0.717) is 12.5 Å². The van der Waals surface area contributed by atoms with E-state index in [0.717, 1.165) is 24.0 Å². The lowest BCUT2D eigenvalue weighted by Gasteiger charge is -2.05. The molecule has 0 radical (unpaired) electrons. The molecule has 1 rings (SSSR count). The third-order valence-electron chi connectivity index (χ3n) is 1.66. The van der Waals surface area contributed by atoms with Gasteiger partial charge < -0.3 is 10.1 Å². The minimum atomic E-state index is 0.661. The van der Waals surface area contributed by atoms with E-state index in [1.54, 1.807) is 6.20 Å². The Morgan fingerprint density at radius 2 is 2.29 bits per heavy atom. The Balaban J connectivity index is 2.15. The fourth-order valence-corrected chi connectivity index (χ4v) is 1.21. The zero-order valence-electron chi connectivity index (χ0n) is 8.29. The van der Waals surface area contributed by atoms with Crippen molar-refractivity contribution in [3.63, 3.8) is 0 Å². The zero-order chi connectivity index (χ0) is 10.2. The molecule has 14 heavy (non-hydrogen) atoms. The van der Waals surface area contributed by atoms with Crippen LogP contribution in [0, 0.1) is 0 Å². The van der Waals surface area contributed by atoms with Gasteiger partial charge in [-0.3, -0.25) is 0 Å². The predicted molar refractivity (Wildman–Crippen MR) is 60.6 cm³/mol. The maximum Gasteiger partial charge on any atom is 0.213 e. The zero-order valence-corrected chi connectivity index (χ0v) is 9.88. The molecule has 0 aromatic carbocycles. The minimum absolute atomic E-state index is 0.661. The third-order valence-corrected chi connectivity index (χ3v) is 2.12. The maximum atomic E-state index is 5.41.